The molecule has 0 radical (unpaired) electrons. The maximum absolute atomic E-state index is 13.5. The predicted molar refractivity (Wildman–Crippen MR) is 81.0 cm³/mol. The van der Waals surface area contributed by atoms with Crippen molar-refractivity contribution in [2.24, 2.45) is 0 Å². The van der Waals surface area contributed by atoms with Crippen molar-refractivity contribution >= 4 is 16.7 Å². The Bertz CT molecular complexity index is 758. The summed E-state index contributed by atoms with van der Waals surface area (Å²) < 4.78 is 40.4. The molecule has 7 heteroatoms. The maximum atomic E-state index is 13.5. The highest BCUT2D eigenvalue weighted by molar-refractivity contribution is 5.87. The van der Waals surface area contributed by atoms with Crippen molar-refractivity contribution in [3.63, 3.8) is 0 Å². The Labute approximate surface area is 131 Å². The summed E-state index contributed by atoms with van der Waals surface area (Å²) in [5, 5.41) is 15.4. The second kappa shape index (κ2) is 6.05. The summed E-state index contributed by atoms with van der Waals surface area (Å²) in [6, 6.07) is 7.86. The minimum absolute atomic E-state index is 0.00720. The van der Waals surface area contributed by atoms with Gasteiger partial charge < -0.3 is 10.6 Å². The molecule has 2 heterocycles. The maximum Gasteiger partial charge on any atom is 0.418 e. The second-order valence-electron chi connectivity index (χ2n) is 5.51. The number of aromatic nitrogens is 1. The van der Waals surface area contributed by atoms with E-state index >= 15 is 0 Å². The topological polar surface area (TPSA) is 60.7 Å². The number of fused-ring (bicyclic) bond motifs is 1. The van der Waals surface area contributed by atoms with E-state index in [0.717, 1.165) is 19.4 Å². The third kappa shape index (κ3) is 3.08. The minimum atomic E-state index is -4.62. The van der Waals surface area contributed by atoms with Gasteiger partial charge in [-0.2, -0.15) is 18.4 Å². The molecule has 1 aromatic heterocycles. The van der Waals surface area contributed by atoms with Crippen molar-refractivity contribution in [2.45, 2.75) is 25.1 Å². The smallest absolute Gasteiger partial charge is 0.367 e. The Kier molecular flexibility index (Phi) is 4.09. The molecule has 3 rings (SSSR count). The van der Waals surface area contributed by atoms with Crippen LogP contribution >= 0.6 is 0 Å². The Morgan fingerprint density at radius 1 is 1.35 bits per heavy atom. The van der Waals surface area contributed by atoms with Gasteiger partial charge in [0.25, 0.3) is 0 Å². The molecule has 23 heavy (non-hydrogen) atoms. The molecule has 4 nitrogen and oxygen atoms in total. The molecule has 1 saturated heterocycles. The van der Waals surface area contributed by atoms with Crippen LogP contribution in [0.5, 0.6) is 0 Å². The van der Waals surface area contributed by atoms with Gasteiger partial charge in [-0.25, -0.2) is 4.98 Å². The van der Waals surface area contributed by atoms with E-state index in [1.165, 1.54) is 18.2 Å². The van der Waals surface area contributed by atoms with Crippen LogP contribution in [0.4, 0.5) is 19.0 Å². The van der Waals surface area contributed by atoms with E-state index in [0.29, 0.717) is 6.54 Å². The zero-order valence-electron chi connectivity index (χ0n) is 12.2. The Hall–Kier alpha value is -2.33. The molecule has 1 aromatic carbocycles. The third-order valence-electron chi connectivity index (χ3n) is 3.97. The van der Waals surface area contributed by atoms with E-state index in [-0.39, 0.29) is 22.8 Å². The fourth-order valence-corrected chi connectivity index (χ4v) is 2.89. The number of hydrogen-bond acceptors (Lipinski definition) is 4. The van der Waals surface area contributed by atoms with Crippen molar-refractivity contribution in [3.05, 3.63) is 35.4 Å². The molecule has 1 fully saturated rings. The standard InChI is InChI=1S/C16H15F3N4/c17-16(18,19)14-11-5-1-2-6-13(11)23-15(12(14)8-20)22-9-10-4-3-7-21-10/h1-2,5-6,10,21H,3-4,7,9H2,(H,22,23)/t10-/m1/s1. The molecule has 0 amide bonds. The van der Waals surface area contributed by atoms with Gasteiger partial charge in [0.2, 0.25) is 0 Å². The summed E-state index contributed by atoms with van der Waals surface area (Å²) in [4.78, 5) is 4.22. The molecule has 1 aliphatic heterocycles. The summed E-state index contributed by atoms with van der Waals surface area (Å²) in [6.45, 7) is 1.34. The number of benzene rings is 1. The number of rotatable bonds is 3. The number of alkyl halides is 3. The van der Waals surface area contributed by atoms with E-state index in [9.17, 15) is 18.4 Å². The number of anilines is 1. The average molecular weight is 320 g/mol. The van der Waals surface area contributed by atoms with Crippen molar-refractivity contribution in [2.75, 3.05) is 18.4 Å². The summed E-state index contributed by atoms with van der Waals surface area (Å²) in [5.74, 6) is -0.00720. The van der Waals surface area contributed by atoms with Crippen LogP contribution in [0, 0.1) is 11.3 Å². The fourth-order valence-electron chi connectivity index (χ4n) is 2.89. The predicted octanol–water partition coefficient (Wildman–Crippen LogP) is 3.29. The number of halogens is 3. The number of nitrogens with one attached hydrogen (secondary N) is 2. The van der Waals surface area contributed by atoms with E-state index in [2.05, 4.69) is 15.6 Å². The first-order chi connectivity index (χ1) is 11.0. The SMILES string of the molecule is N#Cc1c(NC[C@H]2CCCN2)nc2ccccc2c1C(F)(F)F. The highest BCUT2D eigenvalue weighted by atomic mass is 19.4. The Balaban J connectivity index is 2.08. The Morgan fingerprint density at radius 2 is 2.13 bits per heavy atom. The van der Waals surface area contributed by atoms with E-state index in [4.69, 9.17) is 0 Å². The zero-order chi connectivity index (χ0) is 16.4. The van der Waals surface area contributed by atoms with Crippen molar-refractivity contribution in [1.29, 1.82) is 5.26 Å². The van der Waals surface area contributed by atoms with Crippen LogP contribution in [0.3, 0.4) is 0 Å². The molecule has 0 unspecified atom stereocenters. The van der Waals surface area contributed by atoms with Gasteiger partial charge in [0.1, 0.15) is 17.5 Å². The van der Waals surface area contributed by atoms with Crippen molar-refractivity contribution in [3.8, 4) is 6.07 Å². The average Bonchev–Trinajstić information content (AvgIpc) is 3.03. The lowest BCUT2D eigenvalue weighted by molar-refractivity contribution is -0.136. The summed E-state index contributed by atoms with van der Waals surface area (Å²) in [7, 11) is 0. The number of nitrogens with zero attached hydrogens (tertiary/aromatic N) is 2. The van der Waals surface area contributed by atoms with E-state index < -0.39 is 17.3 Å². The van der Waals surface area contributed by atoms with Crippen molar-refractivity contribution in [1.82, 2.24) is 10.3 Å². The van der Waals surface area contributed by atoms with Crippen LogP contribution in [-0.2, 0) is 6.18 Å². The summed E-state index contributed by atoms with van der Waals surface area (Å²) >= 11 is 0. The highest BCUT2D eigenvalue weighted by Gasteiger charge is 2.37. The molecule has 0 aliphatic carbocycles. The van der Waals surface area contributed by atoms with Crippen LogP contribution in [0.25, 0.3) is 10.9 Å². The Morgan fingerprint density at radius 3 is 2.78 bits per heavy atom. The lowest BCUT2D eigenvalue weighted by Gasteiger charge is -2.17. The molecular formula is C16H15F3N4. The quantitative estimate of drug-likeness (QED) is 0.911. The van der Waals surface area contributed by atoms with Gasteiger partial charge in [0, 0.05) is 18.0 Å². The first-order valence-electron chi connectivity index (χ1n) is 7.38. The molecule has 1 aliphatic rings. The second-order valence-corrected chi connectivity index (χ2v) is 5.51. The van der Waals surface area contributed by atoms with Gasteiger partial charge in [-0.3, -0.25) is 0 Å². The zero-order valence-corrected chi connectivity index (χ0v) is 12.2. The number of hydrogen-bond donors (Lipinski definition) is 2. The van der Waals surface area contributed by atoms with Gasteiger partial charge in [-0.1, -0.05) is 18.2 Å². The normalized spacial score (nSPS) is 18.1. The van der Waals surface area contributed by atoms with Gasteiger partial charge in [0.05, 0.1) is 11.1 Å². The van der Waals surface area contributed by atoms with Crippen LogP contribution in [-0.4, -0.2) is 24.1 Å². The molecule has 2 N–H and O–H groups in total. The molecular weight excluding hydrogens is 305 g/mol. The molecule has 2 aromatic rings. The van der Waals surface area contributed by atoms with Gasteiger partial charge in [-0.05, 0) is 25.5 Å². The van der Waals surface area contributed by atoms with Gasteiger partial charge in [-0.15, -0.1) is 0 Å². The lowest BCUT2D eigenvalue weighted by atomic mass is 10.0. The van der Waals surface area contributed by atoms with Gasteiger partial charge >= 0.3 is 6.18 Å². The van der Waals surface area contributed by atoms with Crippen LogP contribution < -0.4 is 10.6 Å². The highest BCUT2D eigenvalue weighted by Crippen LogP contribution is 2.39. The molecule has 120 valence electrons. The van der Waals surface area contributed by atoms with Crippen LogP contribution in [0.15, 0.2) is 24.3 Å². The lowest BCUT2D eigenvalue weighted by Crippen LogP contribution is -2.30. The van der Waals surface area contributed by atoms with E-state index in [1.807, 2.05) is 0 Å². The summed E-state index contributed by atoms with van der Waals surface area (Å²) in [5.41, 5.74) is -1.15. The number of nitriles is 1. The first kappa shape index (κ1) is 15.6. The van der Waals surface area contributed by atoms with Crippen LogP contribution in [0.1, 0.15) is 24.0 Å². The van der Waals surface area contributed by atoms with Gasteiger partial charge in [0.15, 0.2) is 0 Å². The third-order valence-corrected chi connectivity index (χ3v) is 3.97. The molecule has 0 saturated carbocycles. The first-order valence-corrected chi connectivity index (χ1v) is 7.38. The monoisotopic (exact) mass is 320 g/mol. The fraction of sp³-hybridized carbons (Fsp3) is 0.375. The van der Waals surface area contributed by atoms with Crippen LogP contribution in [0.2, 0.25) is 0 Å². The largest absolute Gasteiger partial charge is 0.418 e. The number of para-hydroxylation sites is 1. The summed E-state index contributed by atoms with van der Waals surface area (Å²) in [6.07, 6.45) is -2.62. The number of pyridine rings is 1. The molecule has 0 bridgehead atoms. The minimum Gasteiger partial charge on any atom is -0.367 e. The van der Waals surface area contributed by atoms with E-state index in [1.54, 1.807) is 12.1 Å². The molecule has 0 spiro atoms. The van der Waals surface area contributed by atoms with Crippen molar-refractivity contribution < 1.29 is 13.2 Å². The molecule has 1 atom stereocenters.